The van der Waals surface area contributed by atoms with Crippen LogP contribution in [0.3, 0.4) is 0 Å². The smallest absolute Gasteiger partial charge is 0.481 e. The average molecular weight is 421 g/mol. The van der Waals surface area contributed by atoms with E-state index in [0.29, 0.717) is 17.1 Å². The maximum atomic E-state index is 12.4. The highest BCUT2D eigenvalue weighted by Gasteiger charge is 2.32. The Morgan fingerprint density at radius 1 is 1.10 bits per heavy atom. The number of halogens is 3. The van der Waals surface area contributed by atoms with Crippen LogP contribution in [0.5, 0.6) is 11.6 Å². The molecule has 9 heteroatoms. The number of pyridine rings is 1. The normalized spacial score (nSPS) is 17.0. The third-order valence-corrected chi connectivity index (χ3v) is 4.27. The molecule has 30 heavy (non-hydrogen) atoms. The predicted molar refractivity (Wildman–Crippen MR) is 106 cm³/mol. The summed E-state index contributed by atoms with van der Waals surface area (Å²) in [5.41, 5.74) is 1.08. The molecule has 3 rings (SSSR count). The number of ether oxygens (including phenoxy) is 2. The molecule has 1 aromatic carbocycles. The minimum Gasteiger partial charge on any atom is -0.481 e. The van der Waals surface area contributed by atoms with Gasteiger partial charge in [0.2, 0.25) is 5.88 Å². The van der Waals surface area contributed by atoms with E-state index in [4.69, 9.17) is 4.74 Å². The number of β-amino-alcohol motifs (C(OH)–C–C–N with tert-alkyl or cyclic N) is 1. The van der Waals surface area contributed by atoms with E-state index in [1.54, 1.807) is 38.4 Å². The number of hydrogen-bond donors (Lipinski definition) is 1. The van der Waals surface area contributed by atoms with Crippen molar-refractivity contribution in [3.63, 3.8) is 0 Å². The van der Waals surface area contributed by atoms with Crippen LogP contribution in [0.1, 0.15) is 31.1 Å². The molecule has 1 aliphatic rings. The number of alkyl halides is 3. The molecule has 0 spiro atoms. The highest BCUT2D eigenvalue weighted by Crippen LogP contribution is 2.35. The Kier molecular flexibility index (Phi) is 6.02. The Morgan fingerprint density at radius 3 is 2.33 bits per heavy atom. The standard InChI is InChI=1S/C21H22F3N3O3/c1-20(2,28)13-27-17(14-4-7-16(8-5-14)30-21(22,23)24)10-11-25-19(27)15-6-9-18(29-3)26-12-15/h4-12,19,28H,13H2,1-3H3. The van der Waals surface area contributed by atoms with E-state index in [1.165, 1.54) is 31.4 Å². The molecule has 1 aromatic heterocycles. The first-order valence-corrected chi connectivity index (χ1v) is 9.14. The number of allylic oxidation sites excluding steroid dienone is 1. The van der Waals surface area contributed by atoms with Gasteiger partial charge in [-0.05, 0) is 55.8 Å². The summed E-state index contributed by atoms with van der Waals surface area (Å²) < 4.78 is 46.3. The van der Waals surface area contributed by atoms with Crippen molar-refractivity contribution >= 4 is 11.9 Å². The Bertz CT molecular complexity index is 918. The largest absolute Gasteiger partial charge is 0.573 e. The van der Waals surface area contributed by atoms with Crippen LogP contribution in [-0.2, 0) is 0 Å². The summed E-state index contributed by atoms with van der Waals surface area (Å²) in [6.07, 6.45) is -0.204. The molecular weight excluding hydrogens is 399 g/mol. The van der Waals surface area contributed by atoms with Gasteiger partial charge in [0.15, 0.2) is 0 Å². The lowest BCUT2D eigenvalue weighted by molar-refractivity contribution is -0.274. The van der Waals surface area contributed by atoms with Crippen molar-refractivity contribution in [2.24, 2.45) is 4.99 Å². The molecule has 1 aliphatic heterocycles. The van der Waals surface area contributed by atoms with Crippen molar-refractivity contribution in [3.8, 4) is 11.6 Å². The van der Waals surface area contributed by atoms with Gasteiger partial charge in [0, 0.05) is 36.3 Å². The molecule has 0 bridgehead atoms. The van der Waals surface area contributed by atoms with Crippen LogP contribution in [0.2, 0.25) is 0 Å². The van der Waals surface area contributed by atoms with E-state index in [2.05, 4.69) is 14.7 Å². The highest BCUT2D eigenvalue weighted by molar-refractivity contribution is 5.86. The van der Waals surface area contributed by atoms with E-state index in [0.717, 1.165) is 5.56 Å². The fourth-order valence-corrected chi connectivity index (χ4v) is 3.11. The fraction of sp³-hybridized carbons (Fsp3) is 0.333. The molecule has 6 nitrogen and oxygen atoms in total. The first kappa shape index (κ1) is 21.6. The zero-order valence-electron chi connectivity index (χ0n) is 16.7. The number of benzene rings is 1. The highest BCUT2D eigenvalue weighted by atomic mass is 19.4. The summed E-state index contributed by atoms with van der Waals surface area (Å²) in [6, 6.07) is 9.12. The van der Waals surface area contributed by atoms with Crippen molar-refractivity contribution in [3.05, 3.63) is 59.8 Å². The summed E-state index contributed by atoms with van der Waals surface area (Å²) >= 11 is 0. The van der Waals surface area contributed by atoms with E-state index in [-0.39, 0.29) is 12.3 Å². The number of hydrogen-bond acceptors (Lipinski definition) is 6. The minimum atomic E-state index is -4.75. The van der Waals surface area contributed by atoms with Crippen LogP contribution >= 0.6 is 0 Å². The molecule has 0 radical (unpaired) electrons. The maximum Gasteiger partial charge on any atom is 0.573 e. The SMILES string of the molecule is COc1ccc(C2N=CC=C(c3ccc(OC(F)(F)F)cc3)N2CC(C)(C)O)cn1. The molecule has 0 saturated heterocycles. The Morgan fingerprint density at radius 2 is 1.80 bits per heavy atom. The summed E-state index contributed by atoms with van der Waals surface area (Å²) in [5, 5.41) is 10.5. The number of aliphatic hydroxyl groups is 1. The molecular formula is C21H22F3N3O3. The number of rotatable bonds is 6. The van der Waals surface area contributed by atoms with Crippen LogP contribution in [0.25, 0.3) is 5.70 Å². The second kappa shape index (κ2) is 8.35. The van der Waals surface area contributed by atoms with Gasteiger partial charge < -0.3 is 19.5 Å². The quantitative estimate of drug-likeness (QED) is 0.758. The molecule has 1 atom stereocenters. The lowest BCUT2D eigenvalue weighted by Gasteiger charge is -2.38. The van der Waals surface area contributed by atoms with Crippen molar-refractivity contribution in [1.29, 1.82) is 0 Å². The van der Waals surface area contributed by atoms with Crippen molar-refractivity contribution in [1.82, 2.24) is 9.88 Å². The van der Waals surface area contributed by atoms with Gasteiger partial charge in [0.1, 0.15) is 11.9 Å². The molecule has 0 fully saturated rings. The van der Waals surface area contributed by atoms with Crippen molar-refractivity contribution in [2.45, 2.75) is 32.0 Å². The zero-order valence-corrected chi connectivity index (χ0v) is 16.7. The molecule has 2 aromatic rings. The van der Waals surface area contributed by atoms with E-state index in [9.17, 15) is 18.3 Å². The van der Waals surface area contributed by atoms with Crippen molar-refractivity contribution < 1.29 is 27.8 Å². The monoisotopic (exact) mass is 421 g/mol. The molecule has 160 valence electrons. The fourth-order valence-electron chi connectivity index (χ4n) is 3.11. The Hall–Kier alpha value is -3.07. The van der Waals surface area contributed by atoms with Crippen molar-refractivity contribution in [2.75, 3.05) is 13.7 Å². The van der Waals surface area contributed by atoms with Gasteiger partial charge in [-0.15, -0.1) is 13.2 Å². The first-order valence-electron chi connectivity index (χ1n) is 9.14. The van der Waals surface area contributed by atoms with Crippen LogP contribution < -0.4 is 9.47 Å². The molecule has 0 aliphatic carbocycles. The van der Waals surface area contributed by atoms with Gasteiger partial charge in [-0.25, -0.2) is 4.98 Å². The van der Waals surface area contributed by atoms with Gasteiger partial charge in [0.25, 0.3) is 0 Å². The molecule has 0 saturated carbocycles. The predicted octanol–water partition coefficient (Wildman–Crippen LogP) is 4.19. The second-order valence-corrected chi connectivity index (χ2v) is 7.37. The third-order valence-electron chi connectivity index (χ3n) is 4.27. The molecule has 0 amide bonds. The number of aliphatic imine (C=N–C) groups is 1. The maximum absolute atomic E-state index is 12.4. The van der Waals surface area contributed by atoms with Crippen LogP contribution in [-0.4, -0.2) is 46.8 Å². The number of methoxy groups -OCH3 is 1. The second-order valence-electron chi connectivity index (χ2n) is 7.37. The average Bonchev–Trinajstić information content (AvgIpc) is 2.67. The van der Waals surface area contributed by atoms with E-state index in [1.807, 2.05) is 11.0 Å². The summed E-state index contributed by atoms with van der Waals surface area (Å²) in [4.78, 5) is 10.6. The number of aromatic nitrogens is 1. The van der Waals surface area contributed by atoms with Gasteiger partial charge in [-0.2, -0.15) is 0 Å². The third kappa shape index (κ3) is 5.50. The first-order chi connectivity index (χ1) is 14.1. The Labute approximate surface area is 172 Å². The van der Waals surface area contributed by atoms with Crippen LogP contribution in [0, 0.1) is 0 Å². The van der Waals surface area contributed by atoms with Crippen LogP contribution in [0.4, 0.5) is 13.2 Å². The zero-order chi connectivity index (χ0) is 21.9. The van der Waals surface area contributed by atoms with Gasteiger partial charge in [-0.1, -0.05) is 0 Å². The molecule has 1 unspecified atom stereocenters. The summed E-state index contributed by atoms with van der Waals surface area (Å²) in [7, 11) is 1.52. The summed E-state index contributed by atoms with van der Waals surface area (Å²) in [6.45, 7) is 3.58. The topological polar surface area (TPSA) is 67.2 Å². The van der Waals surface area contributed by atoms with E-state index >= 15 is 0 Å². The number of nitrogens with zero attached hydrogens (tertiary/aromatic N) is 3. The van der Waals surface area contributed by atoms with Gasteiger partial charge in [0.05, 0.1) is 12.7 Å². The Balaban J connectivity index is 1.93. The molecule has 2 heterocycles. The van der Waals surface area contributed by atoms with Gasteiger partial charge >= 0.3 is 6.36 Å². The van der Waals surface area contributed by atoms with E-state index < -0.39 is 18.1 Å². The lowest BCUT2D eigenvalue weighted by Crippen LogP contribution is -2.40. The lowest BCUT2D eigenvalue weighted by atomic mass is 10.0. The van der Waals surface area contributed by atoms with Crippen LogP contribution in [0.15, 0.2) is 53.7 Å². The van der Waals surface area contributed by atoms with Gasteiger partial charge in [-0.3, -0.25) is 4.99 Å². The molecule has 1 N–H and O–H groups in total. The summed E-state index contributed by atoms with van der Waals surface area (Å²) in [5.74, 6) is 0.157. The minimum absolute atomic E-state index is 0.230.